The Morgan fingerprint density at radius 2 is 2.38 bits per heavy atom. The molecule has 84 valence electrons. The molecule has 3 heteroatoms. The fourth-order valence-electron chi connectivity index (χ4n) is 1.92. The Hall–Kier alpha value is -1.53. The molecule has 0 amide bonds. The lowest BCUT2D eigenvalue weighted by molar-refractivity contribution is 0.356. The summed E-state index contributed by atoms with van der Waals surface area (Å²) in [7, 11) is 1.97. The number of hydrogen-bond acceptors (Lipinski definition) is 3. The van der Waals surface area contributed by atoms with Gasteiger partial charge in [0.1, 0.15) is 5.75 Å². The summed E-state index contributed by atoms with van der Waals surface area (Å²) >= 11 is 0. The van der Waals surface area contributed by atoms with Crippen LogP contribution in [0.15, 0.2) is 18.2 Å². The van der Waals surface area contributed by atoms with Crippen LogP contribution in [0.25, 0.3) is 0 Å². The van der Waals surface area contributed by atoms with E-state index < -0.39 is 0 Å². The Kier molecular flexibility index (Phi) is 3.43. The van der Waals surface area contributed by atoms with E-state index in [4.69, 9.17) is 10.00 Å². The van der Waals surface area contributed by atoms with Gasteiger partial charge in [0.05, 0.1) is 19.2 Å². The van der Waals surface area contributed by atoms with E-state index in [1.807, 2.05) is 11.9 Å². The maximum atomic E-state index is 8.55. The molecule has 0 unspecified atom stereocenters. The third kappa shape index (κ3) is 2.53. The average Bonchev–Trinajstić information content (AvgIpc) is 2.74. The second-order valence-electron chi connectivity index (χ2n) is 4.19. The third-order valence-corrected chi connectivity index (χ3v) is 2.88. The maximum absolute atomic E-state index is 8.55. The van der Waals surface area contributed by atoms with Gasteiger partial charge in [-0.05, 0) is 30.7 Å². The molecule has 1 aromatic carbocycles. The molecule has 0 atom stereocenters. The third-order valence-electron chi connectivity index (χ3n) is 2.88. The molecule has 1 aliphatic heterocycles. The minimum absolute atomic E-state index is 0.494. The molecule has 1 aliphatic rings. The van der Waals surface area contributed by atoms with Gasteiger partial charge in [0.15, 0.2) is 0 Å². The standard InChI is InChI=1S/C13H16N2O/c1-15(8-6-14)7-4-11-2-3-13-12(10-11)5-9-16-13/h2-3,10H,4-5,7-9H2,1H3. The number of rotatable bonds is 4. The first-order chi connectivity index (χ1) is 7.79. The van der Waals surface area contributed by atoms with Gasteiger partial charge in [0.25, 0.3) is 0 Å². The van der Waals surface area contributed by atoms with Gasteiger partial charge in [-0.3, -0.25) is 4.90 Å². The van der Waals surface area contributed by atoms with Crippen LogP contribution in [-0.2, 0) is 12.8 Å². The molecule has 2 rings (SSSR count). The highest BCUT2D eigenvalue weighted by atomic mass is 16.5. The maximum Gasteiger partial charge on any atom is 0.122 e. The number of fused-ring (bicyclic) bond motifs is 1. The molecular weight excluding hydrogens is 200 g/mol. The normalized spacial score (nSPS) is 13.3. The Morgan fingerprint density at radius 1 is 1.50 bits per heavy atom. The summed E-state index contributed by atoms with van der Waals surface area (Å²) in [6.07, 6.45) is 2.02. The Morgan fingerprint density at radius 3 is 3.19 bits per heavy atom. The topological polar surface area (TPSA) is 36.3 Å². The van der Waals surface area contributed by atoms with Crippen LogP contribution in [0.4, 0.5) is 0 Å². The van der Waals surface area contributed by atoms with Gasteiger partial charge in [-0.2, -0.15) is 5.26 Å². The lowest BCUT2D eigenvalue weighted by Gasteiger charge is -2.12. The smallest absolute Gasteiger partial charge is 0.122 e. The van der Waals surface area contributed by atoms with E-state index in [2.05, 4.69) is 24.3 Å². The summed E-state index contributed by atoms with van der Waals surface area (Å²) in [5.41, 5.74) is 2.65. The first kappa shape index (κ1) is 11.0. The van der Waals surface area contributed by atoms with Crippen molar-refractivity contribution in [2.75, 3.05) is 26.7 Å². The van der Waals surface area contributed by atoms with E-state index in [1.165, 1.54) is 11.1 Å². The van der Waals surface area contributed by atoms with Crippen molar-refractivity contribution in [2.24, 2.45) is 0 Å². The van der Waals surface area contributed by atoms with Gasteiger partial charge < -0.3 is 4.74 Å². The fourth-order valence-corrected chi connectivity index (χ4v) is 1.92. The molecular formula is C13H16N2O. The number of ether oxygens (including phenoxy) is 1. The van der Waals surface area contributed by atoms with Crippen LogP contribution in [0.1, 0.15) is 11.1 Å². The molecule has 0 N–H and O–H groups in total. The van der Waals surface area contributed by atoms with Crippen molar-refractivity contribution < 1.29 is 4.74 Å². The van der Waals surface area contributed by atoms with Crippen molar-refractivity contribution in [2.45, 2.75) is 12.8 Å². The van der Waals surface area contributed by atoms with Gasteiger partial charge in [-0.1, -0.05) is 12.1 Å². The second-order valence-corrected chi connectivity index (χ2v) is 4.19. The van der Waals surface area contributed by atoms with Crippen LogP contribution in [0.2, 0.25) is 0 Å². The van der Waals surface area contributed by atoms with E-state index in [0.717, 1.165) is 31.7 Å². The molecule has 1 aromatic rings. The first-order valence-corrected chi connectivity index (χ1v) is 5.59. The van der Waals surface area contributed by atoms with Crippen LogP contribution >= 0.6 is 0 Å². The molecule has 0 radical (unpaired) electrons. The predicted molar refractivity (Wildman–Crippen MR) is 62.5 cm³/mol. The zero-order valence-electron chi connectivity index (χ0n) is 9.57. The highest BCUT2D eigenvalue weighted by molar-refractivity contribution is 5.39. The summed E-state index contributed by atoms with van der Waals surface area (Å²) < 4.78 is 5.46. The zero-order chi connectivity index (χ0) is 11.4. The van der Waals surface area contributed by atoms with Crippen LogP contribution in [0, 0.1) is 11.3 Å². The number of benzene rings is 1. The van der Waals surface area contributed by atoms with Crippen molar-refractivity contribution in [3.63, 3.8) is 0 Å². The van der Waals surface area contributed by atoms with Crippen molar-refractivity contribution in [3.05, 3.63) is 29.3 Å². The summed E-state index contributed by atoms with van der Waals surface area (Å²) in [4.78, 5) is 2.03. The minimum atomic E-state index is 0.494. The largest absolute Gasteiger partial charge is 0.493 e. The van der Waals surface area contributed by atoms with Crippen LogP contribution in [0.5, 0.6) is 5.75 Å². The van der Waals surface area contributed by atoms with E-state index in [0.29, 0.717) is 6.54 Å². The van der Waals surface area contributed by atoms with Crippen molar-refractivity contribution in [1.82, 2.24) is 4.90 Å². The Balaban J connectivity index is 1.93. The van der Waals surface area contributed by atoms with Crippen molar-refractivity contribution in [1.29, 1.82) is 5.26 Å². The molecule has 3 nitrogen and oxygen atoms in total. The SMILES string of the molecule is CN(CC#N)CCc1ccc2c(c1)CCO2. The van der Waals surface area contributed by atoms with Gasteiger partial charge in [-0.25, -0.2) is 0 Å². The van der Waals surface area contributed by atoms with Crippen molar-refractivity contribution >= 4 is 0 Å². The zero-order valence-corrected chi connectivity index (χ0v) is 9.57. The average molecular weight is 216 g/mol. The number of hydrogen-bond donors (Lipinski definition) is 0. The molecule has 16 heavy (non-hydrogen) atoms. The molecule has 0 saturated heterocycles. The quantitative estimate of drug-likeness (QED) is 0.717. The molecule has 1 heterocycles. The van der Waals surface area contributed by atoms with Gasteiger partial charge >= 0.3 is 0 Å². The Labute approximate surface area is 96.2 Å². The summed E-state index contributed by atoms with van der Waals surface area (Å²) in [5, 5.41) is 8.55. The lowest BCUT2D eigenvalue weighted by Crippen LogP contribution is -2.21. The number of nitrogens with zero attached hydrogens (tertiary/aromatic N) is 2. The fraction of sp³-hybridized carbons (Fsp3) is 0.462. The van der Waals surface area contributed by atoms with Gasteiger partial charge in [0, 0.05) is 13.0 Å². The summed E-state index contributed by atoms with van der Waals surface area (Å²) in [5.74, 6) is 1.04. The predicted octanol–water partition coefficient (Wildman–Crippen LogP) is 1.62. The van der Waals surface area contributed by atoms with E-state index in [1.54, 1.807) is 0 Å². The van der Waals surface area contributed by atoms with Gasteiger partial charge in [0.2, 0.25) is 0 Å². The molecule has 0 spiro atoms. The number of likely N-dealkylation sites (N-methyl/N-ethyl adjacent to an activating group) is 1. The highest BCUT2D eigenvalue weighted by Gasteiger charge is 2.11. The van der Waals surface area contributed by atoms with Crippen LogP contribution < -0.4 is 4.74 Å². The second kappa shape index (κ2) is 5.00. The molecule has 0 aromatic heterocycles. The lowest BCUT2D eigenvalue weighted by atomic mass is 10.1. The Bertz CT molecular complexity index is 409. The minimum Gasteiger partial charge on any atom is -0.493 e. The monoisotopic (exact) mass is 216 g/mol. The highest BCUT2D eigenvalue weighted by Crippen LogP contribution is 2.25. The van der Waals surface area contributed by atoms with Crippen LogP contribution in [-0.4, -0.2) is 31.6 Å². The van der Waals surface area contributed by atoms with E-state index >= 15 is 0 Å². The first-order valence-electron chi connectivity index (χ1n) is 5.59. The van der Waals surface area contributed by atoms with Gasteiger partial charge in [-0.15, -0.1) is 0 Å². The summed E-state index contributed by atoms with van der Waals surface area (Å²) in [6.45, 7) is 2.23. The molecule has 0 saturated carbocycles. The van der Waals surface area contributed by atoms with E-state index in [9.17, 15) is 0 Å². The van der Waals surface area contributed by atoms with Crippen LogP contribution in [0.3, 0.4) is 0 Å². The summed E-state index contributed by atoms with van der Waals surface area (Å²) in [6, 6.07) is 8.55. The van der Waals surface area contributed by atoms with Crippen molar-refractivity contribution in [3.8, 4) is 11.8 Å². The number of nitriles is 1. The van der Waals surface area contributed by atoms with E-state index in [-0.39, 0.29) is 0 Å². The molecule has 0 aliphatic carbocycles. The molecule has 0 fully saturated rings. The molecule has 0 bridgehead atoms.